The molecule has 5 rings (SSSR count). The van der Waals surface area contributed by atoms with Crippen LogP contribution in [0, 0.1) is 56.7 Å². The van der Waals surface area contributed by atoms with Gasteiger partial charge in [0.1, 0.15) is 0 Å². The molecule has 0 heterocycles. The van der Waals surface area contributed by atoms with Gasteiger partial charge in [0.15, 0.2) is 0 Å². The fourth-order valence-corrected chi connectivity index (χ4v) is 11.5. The molecule has 0 unspecified atom stereocenters. The highest BCUT2D eigenvalue weighted by molar-refractivity contribution is 5.76. The number of hydrogen-bond donors (Lipinski definition) is 2. The third-order valence-corrected chi connectivity index (χ3v) is 13.5. The number of aliphatic carboxylic acids is 1. The fourth-order valence-electron chi connectivity index (χ4n) is 11.5. The summed E-state index contributed by atoms with van der Waals surface area (Å²) in [5, 5.41) is 21.4. The molecule has 5 saturated carbocycles. The maximum atomic E-state index is 12.8. The van der Waals surface area contributed by atoms with E-state index >= 15 is 0 Å². The molecule has 33 heavy (non-hydrogen) atoms. The van der Waals surface area contributed by atoms with Crippen molar-refractivity contribution in [2.45, 2.75) is 112 Å². The monoisotopic (exact) mass is 456 g/mol. The van der Waals surface area contributed by atoms with E-state index in [0.717, 1.165) is 38.5 Å². The second kappa shape index (κ2) is 7.11. The lowest BCUT2D eigenvalue weighted by molar-refractivity contribution is -0.248. The molecule has 5 fully saturated rings. The number of allylic oxidation sites excluding steroid dienone is 1. The molecule has 0 bridgehead atoms. The first-order chi connectivity index (χ1) is 15.3. The first-order valence-electron chi connectivity index (χ1n) is 13.8. The van der Waals surface area contributed by atoms with Crippen LogP contribution in [0.3, 0.4) is 0 Å². The van der Waals surface area contributed by atoms with Gasteiger partial charge in [0.05, 0.1) is 11.5 Å². The van der Waals surface area contributed by atoms with Gasteiger partial charge in [-0.15, -0.1) is 0 Å². The number of rotatable bonds is 2. The topological polar surface area (TPSA) is 57.5 Å². The van der Waals surface area contributed by atoms with Crippen molar-refractivity contribution in [1.82, 2.24) is 0 Å². The smallest absolute Gasteiger partial charge is 0.309 e. The molecule has 0 aromatic rings. The van der Waals surface area contributed by atoms with Crippen LogP contribution in [0.5, 0.6) is 0 Å². The van der Waals surface area contributed by atoms with Crippen molar-refractivity contribution in [2.24, 2.45) is 56.7 Å². The van der Waals surface area contributed by atoms with Crippen LogP contribution in [0.1, 0.15) is 106 Å². The number of aliphatic hydroxyl groups excluding tert-OH is 1. The highest BCUT2D eigenvalue weighted by Crippen LogP contribution is 2.77. The van der Waals surface area contributed by atoms with Gasteiger partial charge in [0.25, 0.3) is 0 Å². The lowest BCUT2D eigenvalue weighted by Gasteiger charge is -2.72. The molecule has 3 nitrogen and oxygen atoms in total. The Balaban J connectivity index is 1.57. The highest BCUT2D eigenvalue weighted by Gasteiger charge is 2.71. The van der Waals surface area contributed by atoms with E-state index in [-0.39, 0.29) is 33.7 Å². The summed E-state index contributed by atoms with van der Waals surface area (Å²) >= 11 is 0. The van der Waals surface area contributed by atoms with Crippen LogP contribution in [0.25, 0.3) is 0 Å². The van der Waals surface area contributed by atoms with Crippen LogP contribution in [0.2, 0.25) is 0 Å². The van der Waals surface area contributed by atoms with Crippen molar-refractivity contribution in [3.63, 3.8) is 0 Å². The molecular formula is C30H48O3. The average Bonchev–Trinajstić information content (AvgIpc) is 3.13. The Morgan fingerprint density at radius 2 is 1.52 bits per heavy atom. The molecule has 0 spiro atoms. The summed E-state index contributed by atoms with van der Waals surface area (Å²) in [6.07, 6.45) is 10.5. The Kier molecular flexibility index (Phi) is 5.15. The van der Waals surface area contributed by atoms with Crippen molar-refractivity contribution in [2.75, 3.05) is 0 Å². The van der Waals surface area contributed by atoms with E-state index in [4.69, 9.17) is 0 Å². The first-order valence-corrected chi connectivity index (χ1v) is 13.8. The standard InChI is InChI=1S/C30H48O3/c1-18(2)19-10-15-30(25(32)33)17-16-28(6)20(24(19)30)8-9-22-27(5)13-12-23(31)26(3,4)21(27)11-14-29(22,28)7/h19-24,31H,1,8-17H2,2-7H3,(H,32,33)/t19-,20+,21+,22+,23-,24-,27-,28+,29+,30-/m0/s1. The molecule has 5 aliphatic rings. The largest absolute Gasteiger partial charge is 0.481 e. The van der Waals surface area contributed by atoms with Gasteiger partial charge < -0.3 is 10.2 Å². The van der Waals surface area contributed by atoms with Gasteiger partial charge in [-0.25, -0.2) is 0 Å². The molecule has 2 N–H and O–H groups in total. The van der Waals surface area contributed by atoms with Crippen molar-refractivity contribution < 1.29 is 15.0 Å². The number of hydrogen-bond acceptors (Lipinski definition) is 2. The minimum absolute atomic E-state index is 0.0202. The van der Waals surface area contributed by atoms with Crippen molar-refractivity contribution in [3.8, 4) is 0 Å². The SMILES string of the molecule is C=C(C)[C@@H]1CC[C@]2(C(=O)O)CC[C@]3(C)[C@H](CC[C@@H]4[C@@]5(C)CC[C@H](O)C(C)(C)[C@H]5CC[C@]43C)[C@H]12. The molecule has 0 aromatic carbocycles. The summed E-state index contributed by atoms with van der Waals surface area (Å²) in [5.41, 5.74) is 1.35. The zero-order valence-corrected chi connectivity index (χ0v) is 22.0. The summed E-state index contributed by atoms with van der Waals surface area (Å²) < 4.78 is 0. The molecule has 0 aliphatic heterocycles. The van der Waals surface area contributed by atoms with Crippen molar-refractivity contribution in [1.29, 1.82) is 0 Å². The van der Waals surface area contributed by atoms with Gasteiger partial charge in [-0.1, -0.05) is 46.8 Å². The van der Waals surface area contributed by atoms with Gasteiger partial charge >= 0.3 is 5.97 Å². The lowest BCUT2D eigenvalue weighted by atomic mass is 9.32. The molecule has 0 aromatic heterocycles. The molecule has 3 heteroatoms. The molecular weight excluding hydrogens is 408 g/mol. The van der Waals surface area contributed by atoms with E-state index in [0.29, 0.717) is 23.7 Å². The summed E-state index contributed by atoms with van der Waals surface area (Å²) in [6.45, 7) is 18.8. The molecule has 10 atom stereocenters. The fraction of sp³-hybridized carbons (Fsp3) is 0.900. The van der Waals surface area contributed by atoms with Gasteiger partial charge in [-0.2, -0.15) is 0 Å². The predicted octanol–water partition coefficient (Wildman–Crippen LogP) is 7.09. The summed E-state index contributed by atoms with van der Waals surface area (Å²) in [7, 11) is 0. The first kappa shape index (κ1) is 23.9. The Labute approximate surface area is 201 Å². The van der Waals surface area contributed by atoms with Crippen LogP contribution in [-0.2, 0) is 4.79 Å². The van der Waals surface area contributed by atoms with Crippen molar-refractivity contribution >= 4 is 5.97 Å². The summed E-state index contributed by atoms with van der Waals surface area (Å²) in [5.74, 6) is 1.79. The Hall–Kier alpha value is -0.830. The highest BCUT2D eigenvalue weighted by atomic mass is 16.4. The second-order valence-electron chi connectivity index (χ2n) is 14.5. The van der Waals surface area contributed by atoms with E-state index in [2.05, 4.69) is 48.1 Å². The van der Waals surface area contributed by atoms with Crippen LogP contribution in [0.4, 0.5) is 0 Å². The van der Waals surface area contributed by atoms with E-state index in [9.17, 15) is 15.0 Å². The second-order valence-corrected chi connectivity index (χ2v) is 14.5. The Bertz CT molecular complexity index is 861. The number of carboxylic acids is 1. The summed E-state index contributed by atoms with van der Waals surface area (Å²) in [4.78, 5) is 12.8. The van der Waals surface area contributed by atoms with Gasteiger partial charge in [0.2, 0.25) is 0 Å². The van der Waals surface area contributed by atoms with E-state index < -0.39 is 11.4 Å². The van der Waals surface area contributed by atoms with E-state index in [1.165, 1.54) is 31.3 Å². The summed E-state index contributed by atoms with van der Waals surface area (Å²) in [6, 6.07) is 0. The normalized spacial score (nSPS) is 55.0. The predicted molar refractivity (Wildman–Crippen MR) is 133 cm³/mol. The number of carbonyl (C=O) groups is 1. The maximum Gasteiger partial charge on any atom is 0.309 e. The third kappa shape index (κ3) is 2.75. The quantitative estimate of drug-likeness (QED) is 0.436. The van der Waals surface area contributed by atoms with Crippen LogP contribution < -0.4 is 0 Å². The minimum atomic E-state index is -0.538. The average molecular weight is 457 g/mol. The Morgan fingerprint density at radius 1 is 0.818 bits per heavy atom. The van der Waals surface area contributed by atoms with Gasteiger partial charge in [0, 0.05) is 0 Å². The zero-order valence-electron chi connectivity index (χ0n) is 22.0. The lowest BCUT2D eigenvalue weighted by Crippen LogP contribution is -2.67. The van der Waals surface area contributed by atoms with Crippen LogP contribution in [0.15, 0.2) is 12.2 Å². The molecule has 0 amide bonds. The van der Waals surface area contributed by atoms with Gasteiger partial charge in [-0.05, 0) is 122 Å². The van der Waals surface area contributed by atoms with Crippen LogP contribution in [-0.4, -0.2) is 22.3 Å². The number of aliphatic hydroxyl groups is 1. The molecule has 0 radical (unpaired) electrons. The van der Waals surface area contributed by atoms with Crippen molar-refractivity contribution in [3.05, 3.63) is 12.2 Å². The van der Waals surface area contributed by atoms with Gasteiger partial charge in [-0.3, -0.25) is 4.79 Å². The van der Waals surface area contributed by atoms with E-state index in [1.807, 2.05) is 0 Å². The molecule has 186 valence electrons. The molecule has 5 aliphatic carbocycles. The minimum Gasteiger partial charge on any atom is -0.481 e. The van der Waals surface area contributed by atoms with Crippen LogP contribution >= 0.6 is 0 Å². The number of carboxylic acid groups (broad SMARTS) is 1. The zero-order chi connectivity index (χ0) is 24.2. The van der Waals surface area contributed by atoms with E-state index in [1.54, 1.807) is 0 Å². The Morgan fingerprint density at radius 3 is 2.15 bits per heavy atom. The maximum absolute atomic E-state index is 12.8. The molecule has 0 saturated heterocycles. The number of fused-ring (bicyclic) bond motifs is 7. The third-order valence-electron chi connectivity index (χ3n) is 13.5.